The van der Waals surface area contributed by atoms with Crippen LogP contribution in [0.5, 0.6) is 0 Å². The second-order valence-corrected chi connectivity index (χ2v) is 4.82. The third-order valence-electron chi connectivity index (χ3n) is 3.24. The molecule has 0 unspecified atom stereocenters. The fourth-order valence-electron chi connectivity index (χ4n) is 2.20. The van der Waals surface area contributed by atoms with Crippen LogP contribution in [0.4, 0.5) is 0 Å². The Hall–Kier alpha value is -2.99. The predicted molar refractivity (Wildman–Crippen MR) is 86.7 cm³/mol. The summed E-state index contributed by atoms with van der Waals surface area (Å²) in [5, 5.41) is 0.947. The van der Waals surface area contributed by atoms with Crippen LogP contribution < -0.4 is 0 Å². The predicted octanol–water partition coefficient (Wildman–Crippen LogP) is 3.74. The maximum atomic E-state index is 11.7. The van der Waals surface area contributed by atoms with Gasteiger partial charge in [0.25, 0.3) is 0 Å². The Kier molecular flexibility index (Phi) is 3.93. The van der Waals surface area contributed by atoms with Crippen molar-refractivity contribution in [3.63, 3.8) is 0 Å². The van der Waals surface area contributed by atoms with Gasteiger partial charge in [0.2, 0.25) is 0 Å². The number of ether oxygens (including phenoxy) is 1. The highest BCUT2D eigenvalue weighted by atomic mass is 16.5. The van der Waals surface area contributed by atoms with E-state index in [1.54, 1.807) is 13.0 Å². The Bertz CT molecular complexity index is 867. The average molecular weight is 289 g/mol. The van der Waals surface area contributed by atoms with E-state index in [4.69, 9.17) is 4.74 Å². The summed E-state index contributed by atoms with van der Waals surface area (Å²) in [5.74, 6) is 5.92. The van der Waals surface area contributed by atoms with Gasteiger partial charge in [-0.25, -0.2) is 4.79 Å². The van der Waals surface area contributed by atoms with Crippen LogP contribution in [0.2, 0.25) is 0 Å². The van der Waals surface area contributed by atoms with Gasteiger partial charge in [0.15, 0.2) is 0 Å². The van der Waals surface area contributed by atoms with Gasteiger partial charge in [0, 0.05) is 22.0 Å². The maximum absolute atomic E-state index is 11.7. The first-order chi connectivity index (χ1) is 10.8. The number of nitrogens with one attached hydrogen (secondary N) is 1. The normalized spacial score (nSPS) is 10.0. The topological polar surface area (TPSA) is 42.1 Å². The molecule has 0 aliphatic carbocycles. The fraction of sp³-hybridized carbons (Fsp3) is 0.105. The summed E-state index contributed by atoms with van der Waals surface area (Å²) in [4.78, 5) is 14.8. The highest BCUT2D eigenvalue weighted by Gasteiger charge is 2.10. The van der Waals surface area contributed by atoms with Gasteiger partial charge in [-0.15, -0.1) is 0 Å². The molecular formula is C19H15NO2. The zero-order valence-corrected chi connectivity index (χ0v) is 12.2. The molecule has 0 aliphatic heterocycles. The van der Waals surface area contributed by atoms with E-state index in [0.717, 1.165) is 22.0 Å². The maximum Gasteiger partial charge on any atom is 0.354 e. The molecule has 2 aromatic carbocycles. The minimum Gasteiger partial charge on any atom is -0.461 e. The van der Waals surface area contributed by atoms with E-state index < -0.39 is 0 Å². The molecule has 22 heavy (non-hydrogen) atoms. The SMILES string of the molecule is CCOC(=O)c1cc2cc(C#Cc3ccccc3)ccc2[nH]1. The second kappa shape index (κ2) is 6.19. The number of carbonyl (C=O) groups excluding carboxylic acids is 1. The van der Waals surface area contributed by atoms with Gasteiger partial charge >= 0.3 is 5.97 Å². The number of aromatic nitrogens is 1. The number of aromatic amines is 1. The molecule has 0 radical (unpaired) electrons. The molecule has 0 aliphatic rings. The van der Waals surface area contributed by atoms with Crippen molar-refractivity contribution in [2.24, 2.45) is 0 Å². The van der Waals surface area contributed by atoms with Crippen molar-refractivity contribution < 1.29 is 9.53 Å². The van der Waals surface area contributed by atoms with Crippen molar-refractivity contribution in [3.05, 3.63) is 71.4 Å². The molecule has 1 aromatic heterocycles. The van der Waals surface area contributed by atoms with Crippen LogP contribution in [-0.4, -0.2) is 17.6 Å². The molecule has 1 heterocycles. The smallest absolute Gasteiger partial charge is 0.354 e. The first-order valence-corrected chi connectivity index (χ1v) is 7.13. The van der Waals surface area contributed by atoms with E-state index in [9.17, 15) is 4.79 Å². The number of hydrogen-bond donors (Lipinski definition) is 1. The van der Waals surface area contributed by atoms with Crippen molar-refractivity contribution in [2.75, 3.05) is 6.61 Å². The summed E-state index contributed by atoms with van der Waals surface area (Å²) in [6, 6.07) is 17.5. The monoisotopic (exact) mass is 289 g/mol. The second-order valence-electron chi connectivity index (χ2n) is 4.82. The minimum atomic E-state index is -0.337. The zero-order valence-electron chi connectivity index (χ0n) is 12.2. The summed E-state index contributed by atoms with van der Waals surface area (Å²) in [6.07, 6.45) is 0. The number of hydrogen-bond acceptors (Lipinski definition) is 2. The molecule has 0 atom stereocenters. The van der Waals surface area contributed by atoms with Gasteiger partial charge in [-0.1, -0.05) is 30.0 Å². The number of esters is 1. The molecular weight excluding hydrogens is 274 g/mol. The number of fused-ring (bicyclic) bond motifs is 1. The first kappa shape index (κ1) is 14.0. The largest absolute Gasteiger partial charge is 0.461 e. The van der Waals surface area contributed by atoms with Crippen LogP contribution in [0.3, 0.4) is 0 Å². The summed E-state index contributed by atoms with van der Waals surface area (Å²) < 4.78 is 4.99. The molecule has 0 fully saturated rings. The molecule has 108 valence electrons. The third-order valence-corrected chi connectivity index (χ3v) is 3.24. The van der Waals surface area contributed by atoms with Crippen LogP contribution in [0.15, 0.2) is 54.6 Å². The lowest BCUT2D eigenvalue weighted by Gasteiger charge is -1.96. The summed E-state index contributed by atoms with van der Waals surface area (Å²) in [7, 11) is 0. The minimum absolute atomic E-state index is 0.337. The fourth-order valence-corrected chi connectivity index (χ4v) is 2.20. The lowest BCUT2D eigenvalue weighted by atomic mass is 10.1. The molecule has 3 aromatic rings. The summed E-state index contributed by atoms with van der Waals surface area (Å²) in [5.41, 5.74) is 3.24. The molecule has 0 saturated heterocycles. The average Bonchev–Trinajstić information content (AvgIpc) is 2.97. The quantitative estimate of drug-likeness (QED) is 0.577. The van der Waals surface area contributed by atoms with Gasteiger partial charge in [-0.3, -0.25) is 0 Å². The molecule has 3 heteroatoms. The van der Waals surface area contributed by atoms with Crippen molar-refractivity contribution in [2.45, 2.75) is 6.92 Å². The van der Waals surface area contributed by atoms with Gasteiger partial charge in [0.05, 0.1) is 6.61 Å². The lowest BCUT2D eigenvalue weighted by molar-refractivity contribution is 0.0520. The van der Waals surface area contributed by atoms with E-state index in [2.05, 4.69) is 16.8 Å². The standard InChI is InChI=1S/C19H15NO2/c1-2-22-19(21)18-13-16-12-15(10-11-17(16)20-18)9-8-14-6-4-3-5-7-14/h3-7,10-13,20H,2H2,1H3. The van der Waals surface area contributed by atoms with Gasteiger partial charge < -0.3 is 9.72 Å². The molecule has 3 nitrogen and oxygen atoms in total. The van der Waals surface area contributed by atoms with E-state index in [-0.39, 0.29) is 5.97 Å². The Morgan fingerprint density at radius 1 is 1.05 bits per heavy atom. The summed E-state index contributed by atoms with van der Waals surface area (Å²) in [6.45, 7) is 2.15. The number of carbonyl (C=O) groups is 1. The van der Waals surface area contributed by atoms with E-state index in [0.29, 0.717) is 12.3 Å². The third kappa shape index (κ3) is 3.02. The molecule has 1 N–H and O–H groups in total. The Morgan fingerprint density at radius 2 is 1.82 bits per heavy atom. The number of rotatable bonds is 2. The van der Waals surface area contributed by atoms with Crippen LogP contribution in [0.25, 0.3) is 10.9 Å². The molecule has 0 bridgehead atoms. The molecule has 0 saturated carbocycles. The van der Waals surface area contributed by atoms with Crippen molar-refractivity contribution in [1.29, 1.82) is 0 Å². The molecule has 0 amide bonds. The Balaban J connectivity index is 1.90. The highest BCUT2D eigenvalue weighted by Crippen LogP contribution is 2.17. The number of H-pyrrole nitrogens is 1. The molecule has 3 rings (SSSR count). The van der Waals surface area contributed by atoms with Gasteiger partial charge in [0.1, 0.15) is 5.69 Å². The van der Waals surface area contributed by atoms with E-state index in [1.165, 1.54) is 0 Å². The Morgan fingerprint density at radius 3 is 2.59 bits per heavy atom. The van der Waals surface area contributed by atoms with Crippen molar-refractivity contribution in [3.8, 4) is 11.8 Å². The van der Waals surface area contributed by atoms with Crippen LogP contribution >= 0.6 is 0 Å². The van der Waals surface area contributed by atoms with Crippen molar-refractivity contribution in [1.82, 2.24) is 4.98 Å². The van der Waals surface area contributed by atoms with Crippen LogP contribution in [0, 0.1) is 11.8 Å². The van der Waals surface area contributed by atoms with Crippen LogP contribution in [-0.2, 0) is 4.74 Å². The van der Waals surface area contributed by atoms with Crippen molar-refractivity contribution >= 4 is 16.9 Å². The lowest BCUT2D eigenvalue weighted by Crippen LogP contribution is -2.04. The summed E-state index contributed by atoms with van der Waals surface area (Å²) >= 11 is 0. The van der Waals surface area contributed by atoms with Gasteiger partial charge in [-0.05, 0) is 43.3 Å². The van der Waals surface area contributed by atoms with Gasteiger partial charge in [-0.2, -0.15) is 0 Å². The molecule has 0 spiro atoms. The van der Waals surface area contributed by atoms with E-state index in [1.807, 2.05) is 48.5 Å². The Labute approximate surface area is 128 Å². The highest BCUT2D eigenvalue weighted by molar-refractivity contribution is 5.95. The number of benzene rings is 2. The van der Waals surface area contributed by atoms with E-state index >= 15 is 0 Å². The first-order valence-electron chi connectivity index (χ1n) is 7.13. The zero-order chi connectivity index (χ0) is 15.4. The van der Waals surface area contributed by atoms with Crippen LogP contribution in [0.1, 0.15) is 28.5 Å².